The number of hydrogen-bond acceptors (Lipinski definition) is 3. The summed E-state index contributed by atoms with van der Waals surface area (Å²) in [6.45, 7) is 0.983. The summed E-state index contributed by atoms with van der Waals surface area (Å²) in [6, 6.07) is 17.0. The zero-order valence-electron chi connectivity index (χ0n) is 14.0. The average Bonchev–Trinajstić information content (AvgIpc) is 3.07. The van der Waals surface area contributed by atoms with E-state index in [0.717, 1.165) is 12.2 Å². The summed E-state index contributed by atoms with van der Waals surface area (Å²) >= 11 is 0. The second-order valence-electron chi connectivity index (χ2n) is 6.08. The molecule has 5 heteroatoms. The number of nitrogens with one attached hydrogen (secondary N) is 2. The lowest BCUT2D eigenvalue weighted by Crippen LogP contribution is -2.34. The quantitative estimate of drug-likeness (QED) is 0.762. The summed E-state index contributed by atoms with van der Waals surface area (Å²) in [4.78, 5) is 23.8. The highest BCUT2D eigenvalue weighted by Gasteiger charge is 2.22. The second kappa shape index (κ2) is 8.33. The molecule has 2 N–H and O–H groups in total. The maximum Gasteiger partial charge on any atom is 0.251 e. The van der Waals surface area contributed by atoms with Gasteiger partial charge in [-0.05, 0) is 30.2 Å². The number of carbonyl (C=O) groups excluding carboxylic acids is 2. The van der Waals surface area contributed by atoms with Gasteiger partial charge in [-0.25, -0.2) is 0 Å². The molecule has 1 atom stereocenters. The van der Waals surface area contributed by atoms with Gasteiger partial charge in [0.05, 0.1) is 6.54 Å². The van der Waals surface area contributed by atoms with Crippen LogP contribution < -0.4 is 15.4 Å². The molecule has 0 aromatic heterocycles. The molecule has 3 rings (SSSR count). The van der Waals surface area contributed by atoms with Gasteiger partial charge < -0.3 is 15.4 Å². The lowest BCUT2D eigenvalue weighted by Gasteiger charge is -2.12. The zero-order chi connectivity index (χ0) is 17.5. The Labute approximate surface area is 147 Å². The zero-order valence-corrected chi connectivity index (χ0v) is 14.0. The molecule has 130 valence electrons. The Morgan fingerprint density at radius 1 is 1.00 bits per heavy atom. The molecule has 0 saturated heterocycles. The Bertz CT molecular complexity index is 706. The number of rotatable bonds is 7. The highest BCUT2D eigenvalue weighted by Crippen LogP contribution is 2.27. The third-order valence-electron chi connectivity index (χ3n) is 4.14. The molecule has 0 radical (unpaired) electrons. The van der Waals surface area contributed by atoms with Gasteiger partial charge in [0.1, 0.15) is 11.9 Å². The Morgan fingerprint density at radius 2 is 1.76 bits per heavy atom. The molecule has 1 aliphatic rings. The fourth-order valence-corrected chi connectivity index (χ4v) is 2.83. The van der Waals surface area contributed by atoms with E-state index in [-0.39, 0.29) is 17.9 Å². The van der Waals surface area contributed by atoms with Gasteiger partial charge in [-0.3, -0.25) is 9.59 Å². The van der Waals surface area contributed by atoms with Crippen LogP contribution >= 0.6 is 0 Å². The van der Waals surface area contributed by atoms with Crippen LogP contribution in [-0.4, -0.2) is 31.0 Å². The summed E-state index contributed by atoms with van der Waals surface area (Å²) < 4.78 is 5.79. The Kier molecular flexibility index (Phi) is 5.67. The third kappa shape index (κ3) is 4.83. The van der Waals surface area contributed by atoms with E-state index in [1.165, 1.54) is 5.56 Å². The monoisotopic (exact) mass is 338 g/mol. The number of hydrogen-bond donors (Lipinski definition) is 2. The minimum absolute atomic E-state index is 0.000802. The molecule has 2 aromatic rings. The van der Waals surface area contributed by atoms with Crippen molar-refractivity contribution in [2.75, 3.05) is 13.1 Å². The number of fused-ring (bicyclic) bond motifs is 1. The fourth-order valence-electron chi connectivity index (χ4n) is 2.83. The van der Waals surface area contributed by atoms with Crippen molar-refractivity contribution in [1.29, 1.82) is 0 Å². The Hall–Kier alpha value is -2.82. The highest BCUT2D eigenvalue weighted by atomic mass is 16.5. The summed E-state index contributed by atoms with van der Waals surface area (Å²) in [5.74, 6) is 0.775. The molecule has 1 unspecified atom stereocenters. The Morgan fingerprint density at radius 3 is 2.56 bits per heavy atom. The van der Waals surface area contributed by atoms with Gasteiger partial charge in [-0.15, -0.1) is 0 Å². The first-order chi connectivity index (χ1) is 12.2. The number of para-hydroxylation sites is 1. The van der Waals surface area contributed by atoms with Crippen LogP contribution in [0.15, 0.2) is 54.6 Å². The van der Waals surface area contributed by atoms with Crippen molar-refractivity contribution in [3.05, 3.63) is 65.7 Å². The molecule has 0 saturated carbocycles. The van der Waals surface area contributed by atoms with E-state index < -0.39 is 0 Å². The van der Waals surface area contributed by atoms with Gasteiger partial charge in [0.15, 0.2) is 0 Å². The first kappa shape index (κ1) is 17.0. The Balaban J connectivity index is 1.30. The lowest BCUT2D eigenvalue weighted by atomic mass is 10.1. The molecular weight excluding hydrogens is 316 g/mol. The molecule has 0 spiro atoms. The molecule has 0 aliphatic carbocycles. The first-order valence-electron chi connectivity index (χ1n) is 8.57. The van der Waals surface area contributed by atoms with Crippen LogP contribution in [0.25, 0.3) is 0 Å². The van der Waals surface area contributed by atoms with Crippen LogP contribution in [0.1, 0.15) is 28.8 Å². The lowest BCUT2D eigenvalue weighted by molar-refractivity contribution is -0.121. The van der Waals surface area contributed by atoms with E-state index in [9.17, 15) is 9.59 Å². The summed E-state index contributed by atoms with van der Waals surface area (Å²) in [5, 5.41) is 5.72. The number of carbonyl (C=O) groups is 2. The van der Waals surface area contributed by atoms with Crippen molar-refractivity contribution in [3.8, 4) is 5.75 Å². The largest absolute Gasteiger partial charge is 0.488 e. The van der Waals surface area contributed by atoms with Crippen LogP contribution in [0, 0.1) is 0 Å². The summed E-state index contributed by atoms with van der Waals surface area (Å²) in [7, 11) is 0. The maximum atomic E-state index is 11.9. The van der Waals surface area contributed by atoms with Gasteiger partial charge in [0.25, 0.3) is 5.91 Å². The van der Waals surface area contributed by atoms with Crippen LogP contribution in [-0.2, 0) is 11.2 Å². The van der Waals surface area contributed by atoms with Crippen LogP contribution in [0.2, 0.25) is 0 Å². The summed E-state index contributed by atoms with van der Waals surface area (Å²) in [5.41, 5.74) is 1.82. The highest BCUT2D eigenvalue weighted by molar-refractivity contribution is 5.94. The smallest absolute Gasteiger partial charge is 0.251 e. The van der Waals surface area contributed by atoms with E-state index in [0.29, 0.717) is 31.5 Å². The molecule has 2 amide bonds. The predicted octanol–water partition coefficient (Wildman–Crippen LogP) is 2.32. The maximum absolute atomic E-state index is 11.9. The van der Waals surface area contributed by atoms with E-state index in [1.54, 1.807) is 12.1 Å². The van der Waals surface area contributed by atoms with E-state index in [4.69, 9.17) is 4.74 Å². The molecule has 1 heterocycles. The van der Waals surface area contributed by atoms with Gasteiger partial charge in [-0.1, -0.05) is 36.4 Å². The predicted molar refractivity (Wildman–Crippen MR) is 95.6 cm³/mol. The van der Waals surface area contributed by atoms with Crippen molar-refractivity contribution in [1.82, 2.24) is 10.6 Å². The van der Waals surface area contributed by atoms with E-state index >= 15 is 0 Å². The van der Waals surface area contributed by atoms with Crippen molar-refractivity contribution < 1.29 is 14.3 Å². The number of ether oxygens (including phenoxy) is 1. The molecule has 1 aliphatic heterocycles. The molecular formula is C20H22N2O3. The van der Waals surface area contributed by atoms with Gasteiger partial charge >= 0.3 is 0 Å². The fraction of sp³-hybridized carbons (Fsp3) is 0.300. The van der Waals surface area contributed by atoms with Crippen LogP contribution in [0.3, 0.4) is 0 Å². The van der Waals surface area contributed by atoms with Crippen LogP contribution in [0.4, 0.5) is 0 Å². The van der Waals surface area contributed by atoms with E-state index in [2.05, 4.69) is 10.6 Å². The van der Waals surface area contributed by atoms with Crippen molar-refractivity contribution in [2.45, 2.75) is 25.4 Å². The molecule has 5 nitrogen and oxygen atoms in total. The average molecular weight is 338 g/mol. The van der Waals surface area contributed by atoms with E-state index in [1.807, 2.05) is 42.5 Å². The minimum Gasteiger partial charge on any atom is -0.488 e. The van der Waals surface area contributed by atoms with Gasteiger partial charge in [0.2, 0.25) is 5.91 Å². The molecule has 25 heavy (non-hydrogen) atoms. The minimum atomic E-state index is -0.113. The molecule has 0 fully saturated rings. The number of benzene rings is 2. The topological polar surface area (TPSA) is 67.4 Å². The van der Waals surface area contributed by atoms with Gasteiger partial charge in [0, 0.05) is 24.9 Å². The van der Waals surface area contributed by atoms with Crippen molar-refractivity contribution in [2.24, 2.45) is 0 Å². The van der Waals surface area contributed by atoms with Crippen molar-refractivity contribution >= 4 is 11.8 Å². The van der Waals surface area contributed by atoms with Crippen LogP contribution in [0.5, 0.6) is 5.75 Å². The SMILES string of the molecule is O=C(CCCNC(=O)c1ccccc1)NCC1Cc2ccccc2O1. The standard InChI is InChI=1S/C20H22N2O3/c23-19(11-6-12-21-20(24)15-7-2-1-3-8-15)22-14-17-13-16-9-4-5-10-18(16)25-17/h1-5,7-10,17H,6,11-14H2,(H,21,24)(H,22,23). The first-order valence-corrected chi connectivity index (χ1v) is 8.57. The van der Waals surface area contributed by atoms with Gasteiger partial charge in [-0.2, -0.15) is 0 Å². The molecule has 2 aromatic carbocycles. The van der Waals surface area contributed by atoms with Crippen molar-refractivity contribution in [3.63, 3.8) is 0 Å². The molecule has 0 bridgehead atoms. The number of amides is 2. The summed E-state index contributed by atoms with van der Waals surface area (Å²) in [6.07, 6.45) is 1.81. The second-order valence-corrected chi connectivity index (χ2v) is 6.08. The third-order valence-corrected chi connectivity index (χ3v) is 4.14. The normalized spacial score (nSPS) is 15.1.